The maximum absolute atomic E-state index is 12.4. The summed E-state index contributed by atoms with van der Waals surface area (Å²) in [5.41, 5.74) is 2.33. The summed E-state index contributed by atoms with van der Waals surface area (Å²) < 4.78 is 0. The van der Waals surface area contributed by atoms with Gasteiger partial charge in [-0.2, -0.15) is 0 Å². The van der Waals surface area contributed by atoms with Gasteiger partial charge in [-0.05, 0) is 38.1 Å². The smallest absolute Gasteiger partial charge is 0.226 e. The number of carbonyl (C=O) groups excluding carboxylic acids is 1. The summed E-state index contributed by atoms with van der Waals surface area (Å²) in [4.78, 5) is 16.6. The second-order valence-electron chi connectivity index (χ2n) is 6.26. The van der Waals surface area contributed by atoms with E-state index in [0.29, 0.717) is 19.0 Å². The van der Waals surface area contributed by atoms with E-state index in [1.807, 2.05) is 48.2 Å². The molecule has 2 aromatic rings. The van der Waals surface area contributed by atoms with Crippen molar-refractivity contribution in [3.8, 4) is 0 Å². The van der Waals surface area contributed by atoms with E-state index < -0.39 is 0 Å². The number of hydrogen-bond donors (Lipinski definition) is 0. The molecule has 1 atom stereocenters. The van der Waals surface area contributed by atoms with Gasteiger partial charge in [0.05, 0.1) is 0 Å². The fourth-order valence-electron chi connectivity index (χ4n) is 2.72. The molecule has 0 saturated carbocycles. The standard InChI is InChI=1S/C21H28N2O/c1-4-21(24)23(20-13-9-6-10-14-20)17-18(2)22(3)16-15-19-11-7-5-8-12-19/h5-14,18H,4,15-17H2,1-3H3/t18-/m1/s1. The van der Waals surface area contributed by atoms with E-state index in [1.54, 1.807) is 0 Å². The van der Waals surface area contributed by atoms with Crippen molar-refractivity contribution in [2.24, 2.45) is 0 Å². The normalized spacial score (nSPS) is 12.2. The molecule has 128 valence electrons. The predicted molar refractivity (Wildman–Crippen MR) is 101 cm³/mol. The highest BCUT2D eigenvalue weighted by atomic mass is 16.2. The monoisotopic (exact) mass is 324 g/mol. The lowest BCUT2D eigenvalue weighted by Crippen LogP contribution is -2.43. The zero-order valence-electron chi connectivity index (χ0n) is 15.0. The van der Waals surface area contributed by atoms with Crippen molar-refractivity contribution in [2.45, 2.75) is 32.7 Å². The minimum Gasteiger partial charge on any atom is -0.311 e. The second kappa shape index (κ2) is 9.24. The first-order chi connectivity index (χ1) is 11.6. The van der Waals surface area contributed by atoms with E-state index in [9.17, 15) is 4.79 Å². The summed E-state index contributed by atoms with van der Waals surface area (Å²) in [5.74, 6) is 0.171. The van der Waals surface area contributed by atoms with Crippen LogP contribution in [0.5, 0.6) is 0 Å². The second-order valence-corrected chi connectivity index (χ2v) is 6.26. The van der Waals surface area contributed by atoms with Crippen LogP contribution in [0.25, 0.3) is 0 Å². The van der Waals surface area contributed by atoms with Crippen LogP contribution < -0.4 is 4.90 Å². The van der Waals surface area contributed by atoms with Gasteiger partial charge in [-0.1, -0.05) is 55.5 Å². The molecule has 0 fully saturated rings. The van der Waals surface area contributed by atoms with Crippen molar-refractivity contribution in [3.05, 3.63) is 66.2 Å². The molecule has 0 unspecified atom stereocenters. The number of anilines is 1. The van der Waals surface area contributed by atoms with Crippen LogP contribution in [0.4, 0.5) is 5.69 Å². The summed E-state index contributed by atoms with van der Waals surface area (Å²) in [6.45, 7) is 5.79. The van der Waals surface area contributed by atoms with E-state index in [1.165, 1.54) is 5.56 Å². The quantitative estimate of drug-likeness (QED) is 0.733. The lowest BCUT2D eigenvalue weighted by molar-refractivity contribution is -0.118. The van der Waals surface area contributed by atoms with E-state index in [-0.39, 0.29) is 5.91 Å². The average Bonchev–Trinajstić information content (AvgIpc) is 2.64. The molecule has 3 heteroatoms. The SMILES string of the molecule is CCC(=O)N(C[C@@H](C)N(C)CCc1ccccc1)c1ccccc1. The van der Waals surface area contributed by atoms with Crippen LogP contribution in [-0.2, 0) is 11.2 Å². The Kier molecular flexibility index (Phi) is 7.01. The van der Waals surface area contributed by atoms with Gasteiger partial charge < -0.3 is 9.80 Å². The van der Waals surface area contributed by atoms with Crippen LogP contribution in [-0.4, -0.2) is 37.0 Å². The summed E-state index contributed by atoms with van der Waals surface area (Å²) in [6, 6.07) is 20.8. The Morgan fingerprint density at radius 2 is 1.58 bits per heavy atom. The Hall–Kier alpha value is -2.13. The van der Waals surface area contributed by atoms with E-state index in [0.717, 1.165) is 18.7 Å². The number of rotatable bonds is 8. The molecular weight excluding hydrogens is 296 g/mol. The van der Waals surface area contributed by atoms with Crippen LogP contribution in [0.3, 0.4) is 0 Å². The molecule has 0 aliphatic carbocycles. The molecule has 0 radical (unpaired) electrons. The van der Waals surface area contributed by atoms with Gasteiger partial charge in [0.25, 0.3) is 0 Å². The lowest BCUT2D eigenvalue weighted by Gasteiger charge is -2.31. The number of para-hydroxylation sites is 1. The van der Waals surface area contributed by atoms with Crippen LogP contribution in [0.1, 0.15) is 25.8 Å². The van der Waals surface area contributed by atoms with E-state index in [2.05, 4.69) is 43.1 Å². The predicted octanol–water partition coefficient (Wildman–Crippen LogP) is 3.99. The highest BCUT2D eigenvalue weighted by molar-refractivity contribution is 5.93. The van der Waals surface area contributed by atoms with Crippen molar-refractivity contribution in [1.29, 1.82) is 0 Å². The molecule has 0 heterocycles. The summed E-state index contributed by atoms with van der Waals surface area (Å²) in [6.07, 6.45) is 1.55. The third-order valence-electron chi connectivity index (χ3n) is 4.47. The molecular formula is C21H28N2O. The van der Waals surface area contributed by atoms with Crippen molar-refractivity contribution in [3.63, 3.8) is 0 Å². The Labute approximate surface area is 145 Å². The summed E-state index contributed by atoms with van der Waals surface area (Å²) in [5, 5.41) is 0. The van der Waals surface area contributed by atoms with Gasteiger partial charge >= 0.3 is 0 Å². The minimum atomic E-state index is 0.171. The Morgan fingerprint density at radius 1 is 1.00 bits per heavy atom. The van der Waals surface area contributed by atoms with Crippen molar-refractivity contribution in [2.75, 3.05) is 25.0 Å². The van der Waals surface area contributed by atoms with Gasteiger partial charge in [-0.3, -0.25) is 4.79 Å². The van der Waals surface area contributed by atoms with Crippen molar-refractivity contribution in [1.82, 2.24) is 4.90 Å². The average molecular weight is 324 g/mol. The Morgan fingerprint density at radius 3 is 2.17 bits per heavy atom. The van der Waals surface area contributed by atoms with Crippen molar-refractivity contribution >= 4 is 11.6 Å². The molecule has 0 aliphatic heterocycles. The maximum atomic E-state index is 12.4. The third-order valence-corrected chi connectivity index (χ3v) is 4.47. The highest BCUT2D eigenvalue weighted by Gasteiger charge is 2.19. The summed E-state index contributed by atoms with van der Waals surface area (Å²) >= 11 is 0. The first kappa shape index (κ1) is 18.2. The molecule has 0 spiro atoms. The van der Waals surface area contributed by atoms with E-state index in [4.69, 9.17) is 0 Å². The fourth-order valence-corrected chi connectivity index (χ4v) is 2.72. The molecule has 2 rings (SSSR count). The zero-order valence-corrected chi connectivity index (χ0v) is 15.0. The Bertz CT molecular complexity index is 612. The number of carbonyl (C=O) groups is 1. The highest BCUT2D eigenvalue weighted by Crippen LogP contribution is 2.16. The van der Waals surface area contributed by atoms with Crippen molar-refractivity contribution < 1.29 is 4.79 Å². The largest absolute Gasteiger partial charge is 0.311 e. The lowest BCUT2D eigenvalue weighted by atomic mass is 10.1. The molecule has 0 aromatic heterocycles. The van der Waals surface area contributed by atoms with Gasteiger partial charge in [-0.15, -0.1) is 0 Å². The molecule has 0 aliphatic rings. The Balaban J connectivity index is 1.96. The minimum absolute atomic E-state index is 0.171. The molecule has 2 aromatic carbocycles. The van der Waals surface area contributed by atoms with Gasteiger partial charge in [-0.25, -0.2) is 0 Å². The fraction of sp³-hybridized carbons (Fsp3) is 0.381. The number of amides is 1. The molecule has 0 N–H and O–H groups in total. The summed E-state index contributed by atoms with van der Waals surface area (Å²) in [7, 11) is 2.13. The number of hydrogen-bond acceptors (Lipinski definition) is 2. The first-order valence-corrected chi connectivity index (χ1v) is 8.71. The van der Waals surface area contributed by atoms with Gasteiger partial charge in [0.2, 0.25) is 5.91 Å². The van der Waals surface area contributed by atoms with Crippen LogP contribution >= 0.6 is 0 Å². The topological polar surface area (TPSA) is 23.6 Å². The molecule has 0 saturated heterocycles. The first-order valence-electron chi connectivity index (χ1n) is 8.71. The van der Waals surface area contributed by atoms with Gasteiger partial charge in [0.1, 0.15) is 0 Å². The third kappa shape index (κ3) is 5.20. The number of nitrogens with zero attached hydrogens (tertiary/aromatic N) is 2. The maximum Gasteiger partial charge on any atom is 0.226 e. The van der Waals surface area contributed by atoms with Gasteiger partial charge in [0, 0.05) is 31.2 Å². The molecule has 1 amide bonds. The zero-order chi connectivity index (χ0) is 17.4. The number of benzene rings is 2. The van der Waals surface area contributed by atoms with E-state index >= 15 is 0 Å². The van der Waals surface area contributed by atoms with Crippen LogP contribution in [0, 0.1) is 0 Å². The number of likely N-dealkylation sites (N-methyl/N-ethyl adjacent to an activating group) is 1. The van der Waals surface area contributed by atoms with Gasteiger partial charge in [0.15, 0.2) is 0 Å². The molecule has 0 bridgehead atoms. The molecule has 24 heavy (non-hydrogen) atoms. The van der Waals surface area contributed by atoms with Crippen LogP contribution in [0.2, 0.25) is 0 Å². The van der Waals surface area contributed by atoms with Crippen LogP contribution in [0.15, 0.2) is 60.7 Å². The molecule has 3 nitrogen and oxygen atoms in total.